The zero-order valence-corrected chi connectivity index (χ0v) is 11.4. The van der Waals surface area contributed by atoms with E-state index in [9.17, 15) is 4.79 Å². The number of nitrogens with one attached hydrogen (secondary N) is 2. The number of H-pyrrole nitrogens is 1. The second-order valence-electron chi connectivity index (χ2n) is 4.22. The van der Waals surface area contributed by atoms with Crippen LogP contribution in [0.4, 0.5) is 0 Å². The Bertz CT molecular complexity index is 447. The minimum absolute atomic E-state index is 0.0499. The molecule has 4 nitrogen and oxygen atoms in total. The molecule has 0 saturated carbocycles. The number of aryl methyl sites for hydroxylation is 1. The van der Waals surface area contributed by atoms with Gasteiger partial charge in [0.15, 0.2) is 3.95 Å². The molecule has 0 radical (unpaired) electrons. The van der Waals surface area contributed by atoms with Crippen molar-refractivity contribution in [1.82, 2.24) is 10.3 Å². The largest absolute Gasteiger partial charge is 0.379 e. The molecule has 1 atom stereocenters. The molecule has 94 valence electrons. The Morgan fingerprint density at radius 2 is 2.53 bits per heavy atom. The first-order chi connectivity index (χ1) is 8.15. The van der Waals surface area contributed by atoms with Crippen LogP contribution in [0.25, 0.3) is 0 Å². The highest BCUT2D eigenvalue weighted by Gasteiger charge is 2.17. The molecule has 2 rings (SSSR count). The van der Waals surface area contributed by atoms with E-state index in [1.165, 1.54) is 11.3 Å². The van der Waals surface area contributed by atoms with Gasteiger partial charge in [-0.15, -0.1) is 11.3 Å². The van der Waals surface area contributed by atoms with Crippen LogP contribution in [-0.4, -0.2) is 30.1 Å². The normalized spacial score (nSPS) is 20.2. The molecule has 1 saturated heterocycles. The molecule has 0 aromatic carbocycles. The smallest absolute Gasteiger partial charge is 0.225 e. The van der Waals surface area contributed by atoms with Crippen molar-refractivity contribution in [3.63, 3.8) is 0 Å². The van der Waals surface area contributed by atoms with Gasteiger partial charge in [-0.25, -0.2) is 0 Å². The van der Waals surface area contributed by atoms with Gasteiger partial charge in [-0.3, -0.25) is 4.79 Å². The fourth-order valence-corrected chi connectivity index (χ4v) is 3.17. The van der Waals surface area contributed by atoms with Gasteiger partial charge >= 0.3 is 0 Å². The Morgan fingerprint density at radius 3 is 3.12 bits per heavy atom. The lowest BCUT2D eigenvalue weighted by Gasteiger charge is -2.23. The average molecular weight is 272 g/mol. The Labute approximate surface area is 109 Å². The first kappa shape index (κ1) is 12.7. The standard InChI is InChI=1S/C11H16N2O2S2/c1-7-9(17-11(16)12-7)5-10(14)13-8-3-2-4-15-6-8/h8H,2-6H2,1H3,(H,12,16)(H,13,14). The highest BCUT2D eigenvalue weighted by atomic mass is 32.1. The van der Waals surface area contributed by atoms with Gasteiger partial charge < -0.3 is 15.0 Å². The minimum Gasteiger partial charge on any atom is -0.379 e. The molecule has 1 amide bonds. The molecule has 1 unspecified atom stereocenters. The molecule has 1 aliphatic heterocycles. The van der Waals surface area contributed by atoms with E-state index in [1.807, 2.05) is 6.92 Å². The summed E-state index contributed by atoms with van der Waals surface area (Å²) in [4.78, 5) is 15.9. The molecule has 0 aliphatic carbocycles. The second kappa shape index (κ2) is 5.75. The number of ether oxygens (including phenoxy) is 1. The third kappa shape index (κ3) is 3.62. The average Bonchev–Trinajstić information content (AvgIpc) is 2.58. The molecule has 1 aromatic rings. The molecule has 1 aliphatic rings. The van der Waals surface area contributed by atoms with Gasteiger partial charge in [0.05, 0.1) is 19.1 Å². The van der Waals surface area contributed by atoms with E-state index in [0.29, 0.717) is 13.0 Å². The lowest BCUT2D eigenvalue weighted by atomic mass is 10.1. The van der Waals surface area contributed by atoms with Crippen LogP contribution < -0.4 is 5.32 Å². The van der Waals surface area contributed by atoms with Gasteiger partial charge in [-0.05, 0) is 32.0 Å². The van der Waals surface area contributed by atoms with Crippen LogP contribution in [0.2, 0.25) is 0 Å². The number of hydrogen-bond acceptors (Lipinski definition) is 4. The van der Waals surface area contributed by atoms with Crippen molar-refractivity contribution >= 4 is 29.5 Å². The summed E-state index contributed by atoms with van der Waals surface area (Å²) in [5.74, 6) is 0.0499. The van der Waals surface area contributed by atoms with Gasteiger partial charge in [-0.1, -0.05) is 0 Å². The Balaban J connectivity index is 1.88. The van der Waals surface area contributed by atoms with Crippen LogP contribution in [0.1, 0.15) is 23.4 Å². The van der Waals surface area contributed by atoms with Crippen LogP contribution in [0, 0.1) is 10.9 Å². The number of hydrogen-bond donors (Lipinski definition) is 2. The molecule has 0 bridgehead atoms. The fraction of sp³-hybridized carbons (Fsp3) is 0.636. The third-order valence-electron chi connectivity index (χ3n) is 2.77. The van der Waals surface area contributed by atoms with Crippen molar-refractivity contribution < 1.29 is 9.53 Å². The maximum atomic E-state index is 11.8. The number of carbonyl (C=O) groups is 1. The maximum absolute atomic E-state index is 11.8. The third-order valence-corrected chi connectivity index (χ3v) is 4.11. The Kier molecular flexibility index (Phi) is 4.31. The van der Waals surface area contributed by atoms with E-state index in [2.05, 4.69) is 10.3 Å². The molecule has 1 fully saturated rings. The van der Waals surface area contributed by atoms with Crippen molar-refractivity contribution in [2.45, 2.75) is 32.2 Å². The summed E-state index contributed by atoms with van der Waals surface area (Å²) >= 11 is 6.52. The quantitative estimate of drug-likeness (QED) is 0.827. The number of aromatic nitrogens is 1. The summed E-state index contributed by atoms with van der Waals surface area (Å²) in [7, 11) is 0. The number of rotatable bonds is 3. The Morgan fingerprint density at radius 1 is 1.71 bits per heavy atom. The highest BCUT2D eigenvalue weighted by molar-refractivity contribution is 7.73. The molecule has 2 N–H and O–H groups in total. The van der Waals surface area contributed by atoms with Gasteiger partial charge in [0, 0.05) is 17.2 Å². The van der Waals surface area contributed by atoms with Crippen LogP contribution in [0.15, 0.2) is 0 Å². The highest BCUT2D eigenvalue weighted by Crippen LogP contribution is 2.15. The number of aromatic amines is 1. The van der Waals surface area contributed by atoms with E-state index in [-0.39, 0.29) is 11.9 Å². The van der Waals surface area contributed by atoms with Crippen LogP contribution in [0.3, 0.4) is 0 Å². The van der Waals surface area contributed by atoms with Gasteiger partial charge in [0.1, 0.15) is 0 Å². The van der Waals surface area contributed by atoms with Crippen molar-refractivity contribution in [3.05, 3.63) is 14.5 Å². The van der Waals surface area contributed by atoms with Gasteiger partial charge in [0.2, 0.25) is 5.91 Å². The molecule has 6 heteroatoms. The maximum Gasteiger partial charge on any atom is 0.225 e. The first-order valence-electron chi connectivity index (χ1n) is 5.71. The lowest BCUT2D eigenvalue weighted by Crippen LogP contribution is -2.41. The topological polar surface area (TPSA) is 54.1 Å². The van der Waals surface area contributed by atoms with Gasteiger partial charge in [-0.2, -0.15) is 0 Å². The van der Waals surface area contributed by atoms with Crippen molar-refractivity contribution in [1.29, 1.82) is 0 Å². The molecule has 17 heavy (non-hydrogen) atoms. The molecule has 0 spiro atoms. The van der Waals surface area contributed by atoms with Crippen LogP contribution >= 0.6 is 23.6 Å². The van der Waals surface area contributed by atoms with E-state index in [1.54, 1.807) is 0 Å². The zero-order chi connectivity index (χ0) is 12.3. The summed E-state index contributed by atoms with van der Waals surface area (Å²) in [5, 5.41) is 3.00. The summed E-state index contributed by atoms with van der Waals surface area (Å²) < 4.78 is 6.05. The predicted octanol–water partition coefficient (Wildman–Crippen LogP) is 1.95. The summed E-state index contributed by atoms with van der Waals surface area (Å²) in [6, 6.07) is 0.170. The number of thiazole rings is 1. The first-order valence-corrected chi connectivity index (χ1v) is 6.93. The molecule has 2 heterocycles. The van der Waals surface area contributed by atoms with E-state index >= 15 is 0 Å². The van der Waals surface area contributed by atoms with E-state index < -0.39 is 0 Å². The molecular weight excluding hydrogens is 256 g/mol. The molecular formula is C11H16N2O2S2. The number of amides is 1. The second-order valence-corrected chi connectivity index (χ2v) is 5.99. The lowest BCUT2D eigenvalue weighted by molar-refractivity contribution is -0.122. The minimum atomic E-state index is 0.0499. The summed E-state index contributed by atoms with van der Waals surface area (Å²) in [6.45, 7) is 3.39. The van der Waals surface area contributed by atoms with Crippen LogP contribution in [-0.2, 0) is 16.0 Å². The van der Waals surface area contributed by atoms with Crippen molar-refractivity contribution in [2.75, 3.05) is 13.2 Å². The summed E-state index contributed by atoms with van der Waals surface area (Å²) in [5.41, 5.74) is 0.995. The molecule has 1 aromatic heterocycles. The van der Waals surface area contributed by atoms with E-state index in [0.717, 1.165) is 34.0 Å². The summed E-state index contributed by atoms with van der Waals surface area (Å²) in [6.07, 6.45) is 2.43. The van der Waals surface area contributed by atoms with Crippen LogP contribution in [0.5, 0.6) is 0 Å². The predicted molar refractivity (Wildman–Crippen MR) is 69.9 cm³/mol. The number of carbonyl (C=O) groups excluding carboxylic acids is 1. The fourth-order valence-electron chi connectivity index (χ4n) is 1.88. The monoisotopic (exact) mass is 272 g/mol. The van der Waals surface area contributed by atoms with E-state index in [4.69, 9.17) is 17.0 Å². The van der Waals surface area contributed by atoms with Crippen molar-refractivity contribution in [2.24, 2.45) is 0 Å². The zero-order valence-electron chi connectivity index (χ0n) is 9.75. The SMILES string of the molecule is Cc1[nH]c(=S)sc1CC(=O)NC1CCCOC1. The Hall–Kier alpha value is -0.720. The van der Waals surface area contributed by atoms with Gasteiger partial charge in [0.25, 0.3) is 0 Å². The van der Waals surface area contributed by atoms with Crippen molar-refractivity contribution in [3.8, 4) is 0 Å².